The van der Waals surface area contributed by atoms with Crippen molar-refractivity contribution in [3.8, 4) is 0 Å². The molecule has 0 aromatic heterocycles. The molecule has 0 radical (unpaired) electrons. The molecule has 0 heterocycles. The highest BCUT2D eigenvalue weighted by Gasteiger charge is 2.32. The van der Waals surface area contributed by atoms with Gasteiger partial charge in [-0.2, -0.15) is 0 Å². The van der Waals surface area contributed by atoms with Crippen LogP contribution < -0.4 is 4.72 Å². The molecule has 5 nitrogen and oxygen atoms in total. The van der Waals surface area contributed by atoms with Crippen LogP contribution in [0.2, 0.25) is 0 Å². The number of anilines is 1. The lowest BCUT2D eigenvalue weighted by molar-refractivity contribution is -0.137. The number of hydrogen-bond acceptors (Lipinski definition) is 3. The van der Waals surface area contributed by atoms with Crippen LogP contribution >= 0.6 is 0 Å². The summed E-state index contributed by atoms with van der Waals surface area (Å²) < 4.78 is 97.3. The number of rotatable bonds is 7. The van der Waals surface area contributed by atoms with Crippen LogP contribution in [0, 0.1) is 36.0 Å². The molecule has 2 N–H and O–H groups in total. The molecule has 1 unspecified atom stereocenters. The van der Waals surface area contributed by atoms with Crippen molar-refractivity contribution in [2.24, 2.45) is 0 Å². The van der Waals surface area contributed by atoms with E-state index in [0.717, 1.165) is 6.07 Å². The summed E-state index contributed by atoms with van der Waals surface area (Å²) in [6.45, 7) is 1.68. The topological polar surface area (TPSA) is 83.5 Å². The molecule has 0 saturated heterocycles. The first-order chi connectivity index (χ1) is 15.4. The van der Waals surface area contributed by atoms with Crippen LogP contribution in [0.15, 0.2) is 53.4 Å². The first kappa shape index (κ1) is 24.2. The Kier molecular flexibility index (Phi) is 6.73. The number of aliphatic carboxylic acids is 1. The monoisotopic (exact) mass is 485 g/mol. The summed E-state index contributed by atoms with van der Waals surface area (Å²) in [5.74, 6) is -14.5. The van der Waals surface area contributed by atoms with Crippen molar-refractivity contribution in [2.75, 3.05) is 4.72 Å². The highest BCUT2D eigenvalue weighted by atomic mass is 32.2. The first-order valence-electron chi connectivity index (χ1n) is 9.35. The van der Waals surface area contributed by atoms with Crippen LogP contribution in [0.5, 0.6) is 0 Å². The highest BCUT2D eigenvalue weighted by molar-refractivity contribution is 7.92. The zero-order valence-corrected chi connectivity index (χ0v) is 17.7. The number of nitrogens with one attached hydrogen (secondary N) is 1. The molecule has 174 valence electrons. The van der Waals surface area contributed by atoms with E-state index >= 15 is 0 Å². The van der Waals surface area contributed by atoms with E-state index < -0.39 is 63.0 Å². The Hall–Kier alpha value is -3.47. The summed E-state index contributed by atoms with van der Waals surface area (Å²) in [5.41, 5.74) is -0.940. The van der Waals surface area contributed by atoms with Crippen molar-refractivity contribution in [3.05, 3.63) is 94.3 Å². The van der Waals surface area contributed by atoms with Crippen molar-refractivity contribution < 1.29 is 40.3 Å². The summed E-state index contributed by atoms with van der Waals surface area (Å²) in [7, 11) is -4.09. The number of carbonyl (C=O) groups is 1. The van der Waals surface area contributed by atoms with Gasteiger partial charge in [-0.25, -0.2) is 30.4 Å². The molecule has 0 amide bonds. The van der Waals surface area contributed by atoms with Crippen molar-refractivity contribution in [3.63, 3.8) is 0 Å². The molecule has 1 atom stereocenters. The number of carboxylic acid groups (broad SMARTS) is 1. The molecule has 0 spiro atoms. The number of carboxylic acids is 1. The third kappa shape index (κ3) is 4.98. The van der Waals surface area contributed by atoms with E-state index in [2.05, 4.69) is 4.72 Å². The minimum Gasteiger partial charge on any atom is -0.481 e. The Balaban J connectivity index is 2.09. The molecule has 0 aliphatic rings. The predicted molar refractivity (Wildman–Crippen MR) is 109 cm³/mol. The van der Waals surface area contributed by atoms with Gasteiger partial charge >= 0.3 is 5.97 Å². The average Bonchev–Trinajstić information content (AvgIpc) is 2.75. The lowest BCUT2D eigenvalue weighted by atomic mass is 9.87. The standard InChI is InChI=1S/C22H16F5NO4S/c1-11-4-2-7-14(8-11)33(31,32)28-13-6-3-5-12(9-13)15(10-16(29)30)17-18(23)20(25)22(27)21(26)19(17)24/h2-9,15,28H,10H2,1H3,(H,29,30). The highest BCUT2D eigenvalue weighted by Crippen LogP contribution is 2.36. The maximum atomic E-state index is 14.4. The fourth-order valence-corrected chi connectivity index (χ4v) is 4.46. The van der Waals surface area contributed by atoms with Crippen LogP contribution in [-0.4, -0.2) is 19.5 Å². The number of halogens is 5. The van der Waals surface area contributed by atoms with E-state index in [4.69, 9.17) is 0 Å². The van der Waals surface area contributed by atoms with E-state index in [1.165, 1.54) is 36.4 Å². The Morgan fingerprint density at radius 2 is 1.48 bits per heavy atom. The Labute approximate surface area is 185 Å². The van der Waals surface area contributed by atoms with Crippen LogP contribution in [-0.2, 0) is 14.8 Å². The fraction of sp³-hybridized carbons (Fsp3) is 0.136. The Bertz CT molecular complexity index is 1320. The van der Waals surface area contributed by atoms with E-state index in [0.29, 0.717) is 5.56 Å². The Morgan fingerprint density at radius 3 is 2.06 bits per heavy atom. The number of hydrogen-bond donors (Lipinski definition) is 2. The molecule has 0 fully saturated rings. The number of aryl methyl sites for hydroxylation is 1. The summed E-state index contributed by atoms with van der Waals surface area (Å²) >= 11 is 0. The maximum absolute atomic E-state index is 14.4. The minimum absolute atomic E-state index is 0.0743. The van der Waals surface area contributed by atoms with Gasteiger partial charge in [-0.3, -0.25) is 9.52 Å². The molecular weight excluding hydrogens is 469 g/mol. The number of sulfonamides is 1. The molecule has 11 heteroatoms. The van der Waals surface area contributed by atoms with Gasteiger partial charge < -0.3 is 5.11 Å². The van der Waals surface area contributed by atoms with E-state index in [-0.39, 0.29) is 16.1 Å². The predicted octanol–water partition coefficient (Wildman–Crippen LogP) is 5.10. The average molecular weight is 485 g/mol. The maximum Gasteiger partial charge on any atom is 0.304 e. The lowest BCUT2D eigenvalue weighted by Gasteiger charge is -2.19. The van der Waals surface area contributed by atoms with Crippen molar-refractivity contribution in [1.82, 2.24) is 0 Å². The van der Waals surface area contributed by atoms with Gasteiger partial charge in [0.25, 0.3) is 10.0 Å². The van der Waals surface area contributed by atoms with E-state index in [9.17, 15) is 40.3 Å². The SMILES string of the molecule is Cc1cccc(S(=O)(=O)Nc2cccc(C(CC(=O)O)c3c(F)c(F)c(F)c(F)c3F)c2)c1. The fourth-order valence-electron chi connectivity index (χ4n) is 3.30. The number of benzene rings is 3. The van der Waals surface area contributed by atoms with Gasteiger partial charge in [0, 0.05) is 17.2 Å². The minimum atomic E-state index is -4.09. The van der Waals surface area contributed by atoms with Crippen molar-refractivity contribution >= 4 is 21.7 Å². The van der Waals surface area contributed by atoms with Gasteiger partial charge in [-0.05, 0) is 42.3 Å². The van der Waals surface area contributed by atoms with E-state index in [1.807, 2.05) is 0 Å². The van der Waals surface area contributed by atoms with Gasteiger partial charge in [0.05, 0.1) is 11.3 Å². The van der Waals surface area contributed by atoms with Crippen LogP contribution in [0.4, 0.5) is 27.6 Å². The third-order valence-electron chi connectivity index (χ3n) is 4.81. The molecule has 0 bridgehead atoms. The van der Waals surface area contributed by atoms with Gasteiger partial charge in [-0.1, -0.05) is 24.3 Å². The van der Waals surface area contributed by atoms with Gasteiger partial charge in [-0.15, -0.1) is 0 Å². The van der Waals surface area contributed by atoms with Crippen LogP contribution in [0.25, 0.3) is 0 Å². The molecule has 0 aliphatic heterocycles. The summed E-state index contributed by atoms with van der Waals surface area (Å²) in [6.07, 6.45) is -1.02. The molecular formula is C22H16F5NO4S. The first-order valence-corrected chi connectivity index (χ1v) is 10.8. The molecule has 3 rings (SSSR count). The van der Waals surface area contributed by atoms with Crippen LogP contribution in [0.3, 0.4) is 0 Å². The van der Waals surface area contributed by atoms with Gasteiger partial charge in [0.1, 0.15) is 0 Å². The van der Waals surface area contributed by atoms with E-state index in [1.54, 1.807) is 13.0 Å². The lowest BCUT2D eigenvalue weighted by Crippen LogP contribution is -2.17. The quantitative estimate of drug-likeness (QED) is 0.277. The van der Waals surface area contributed by atoms with Crippen molar-refractivity contribution in [2.45, 2.75) is 24.2 Å². The summed E-state index contributed by atoms with van der Waals surface area (Å²) in [4.78, 5) is 11.3. The second-order valence-electron chi connectivity index (χ2n) is 7.18. The van der Waals surface area contributed by atoms with Crippen LogP contribution in [0.1, 0.15) is 29.0 Å². The third-order valence-corrected chi connectivity index (χ3v) is 6.19. The summed E-state index contributed by atoms with van der Waals surface area (Å²) in [5, 5.41) is 9.19. The molecule has 33 heavy (non-hydrogen) atoms. The van der Waals surface area contributed by atoms with Crippen molar-refractivity contribution in [1.29, 1.82) is 0 Å². The summed E-state index contributed by atoms with van der Waals surface area (Å²) in [6, 6.07) is 10.7. The zero-order valence-electron chi connectivity index (χ0n) is 16.9. The normalized spacial score (nSPS) is 12.4. The molecule has 3 aromatic carbocycles. The zero-order chi connectivity index (χ0) is 24.5. The second-order valence-corrected chi connectivity index (χ2v) is 8.86. The molecule has 0 saturated carbocycles. The molecule has 0 aliphatic carbocycles. The van der Waals surface area contributed by atoms with Gasteiger partial charge in [0.15, 0.2) is 23.3 Å². The molecule has 3 aromatic rings. The smallest absolute Gasteiger partial charge is 0.304 e. The van der Waals surface area contributed by atoms with Gasteiger partial charge in [0.2, 0.25) is 5.82 Å². The second kappa shape index (κ2) is 9.18. The largest absolute Gasteiger partial charge is 0.481 e. The Morgan fingerprint density at radius 1 is 0.909 bits per heavy atom.